The quantitative estimate of drug-likeness (QED) is 0.0785. The molecule has 0 aliphatic rings. The zero-order valence-corrected chi connectivity index (χ0v) is 22.3. The first-order valence-electron chi connectivity index (χ1n) is 14.4. The zero-order valence-electron chi connectivity index (χ0n) is 22.3. The lowest BCUT2D eigenvalue weighted by molar-refractivity contribution is -0.149. The van der Waals surface area contributed by atoms with Gasteiger partial charge in [0.2, 0.25) is 0 Å². The van der Waals surface area contributed by atoms with E-state index in [1.807, 2.05) is 6.08 Å². The summed E-state index contributed by atoms with van der Waals surface area (Å²) in [5, 5.41) is 0. The molecule has 0 spiro atoms. The normalized spacial score (nSPS) is 12.2. The average Bonchev–Trinajstić information content (AvgIpc) is 2.76. The van der Waals surface area contributed by atoms with E-state index < -0.39 is 0 Å². The molecular weight excluding hydrogens is 392 g/mol. The second kappa shape index (κ2) is 24.8. The van der Waals surface area contributed by atoms with Crippen LogP contribution in [0, 0.1) is 5.92 Å². The molecule has 190 valence electrons. The zero-order chi connectivity index (χ0) is 23.7. The SMILES string of the molecule is C=CC[C@@H](CCCCCCCCCCC)OC(=O)CCCCCCCCCCCC(C)C. The van der Waals surface area contributed by atoms with Crippen LogP contribution in [-0.4, -0.2) is 12.1 Å². The number of carbonyl (C=O) groups excluding carboxylic acids is 1. The third-order valence-electron chi connectivity index (χ3n) is 6.52. The number of unbranched alkanes of at least 4 members (excludes halogenated alkanes) is 16. The highest BCUT2D eigenvalue weighted by Crippen LogP contribution is 2.16. The number of carbonyl (C=O) groups is 1. The fraction of sp³-hybridized carbons (Fsp3) is 0.900. The Morgan fingerprint density at radius 1 is 0.688 bits per heavy atom. The Labute approximate surface area is 202 Å². The van der Waals surface area contributed by atoms with Crippen LogP contribution in [0.1, 0.15) is 162 Å². The second-order valence-electron chi connectivity index (χ2n) is 10.4. The van der Waals surface area contributed by atoms with E-state index >= 15 is 0 Å². The number of ether oxygens (including phenoxy) is 1. The molecule has 0 aromatic carbocycles. The Bertz CT molecular complexity index is 402. The molecule has 0 saturated heterocycles. The summed E-state index contributed by atoms with van der Waals surface area (Å²) in [6.45, 7) is 10.7. The van der Waals surface area contributed by atoms with E-state index in [4.69, 9.17) is 4.74 Å². The highest BCUT2D eigenvalue weighted by molar-refractivity contribution is 5.69. The van der Waals surface area contributed by atoms with Gasteiger partial charge in [0.15, 0.2) is 0 Å². The smallest absolute Gasteiger partial charge is 0.306 e. The van der Waals surface area contributed by atoms with E-state index in [0.29, 0.717) is 6.42 Å². The minimum absolute atomic E-state index is 0.00192. The topological polar surface area (TPSA) is 26.3 Å². The Morgan fingerprint density at radius 2 is 1.12 bits per heavy atom. The van der Waals surface area contributed by atoms with Gasteiger partial charge in [-0.15, -0.1) is 6.58 Å². The number of rotatable bonds is 25. The molecule has 0 heterocycles. The maximum Gasteiger partial charge on any atom is 0.306 e. The Hall–Kier alpha value is -0.790. The van der Waals surface area contributed by atoms with Gasteiger partial charge in [-0.25, -0.2) is 0 Å². The Kier molecular flexibility index (Phi) is 24.2. The lowest BCUT2D eigenvalue weighted by Gasteiger charge is -2.16. The van der Waals surface area contributed by atoms with Crippen molar-refractivity contribution in [3.8, 4) is 0 Å². The molecule has 0 saturated carbocycles. The van der Waals surface area contributed by atoms with Gasteiger partial charge in [0.05, 0.1) is 0 Å². The Balaban J connectivity index is 3.58. The fourth-order valence-corrected chi connectivity index (χ4v) is 4.40. The molecule has 2 heteroatoms. The van der Waals surface area contributed by atoms with Crippen LogP contribution >= 0.6 is 0 Å². The van der Waals surface area contributed by atoms with Crippen molar-refractivity contribution in [2.45, 2.75) is 168 Å². The second-order valence-corrected chi connectivity index (χ2v) is 10.4. The number of hydrogen-bond donors (Lipinski definition) is 0. The van der Waals surface area contributed by atoms with E-state index in [2.05, 4.69) is 27.4 Å². The number of esters is 1. The maximum absolute atomic E-state index is 12.2. The van der Waals surface area contributed by atoms with E-state index in [0.717, 1.165) is 38.0 Å². The minimum atomic E-state index is -0.00192. The minimum Gasteiger partial charge on any atom is -0.462 e. The molecule has 0 amide bonds. The molecule has 0 aromatic rings. The number of hydrogen-bond acceptors (Lipinski definition) is 2. The van der Waals surface area contributed by atoms with Gasteiger partial charge < -0.3 is 4.74 Å². The standard InChI is InChI=1S/C30H58O2/c1-5-7-8-9-10-12-16-19-22-26-29(24-6-2)32-30(31)27-23-20-17-14-11-13-15-18-21-25-28(3)4/h6,28-29H,2,5,7-27H2,1,3-4H3/t29-/m0/s1. The van der Waals surface area contributed by atoms with Crippen molar-refractivity contribution in [2.75, 3.05) is 0 Å². The Morgan fingerprint density at radius 3 is 1.59 bits per heavy atom. The molecular formula is C30H58O2. The molecule has 0 unspecified atom stereocenters. The highest BCUT2D eigenvalue weighted by atomic mass is 16.5. The van der Waals surface area contributed by atoms with Gasteiger partial charge in [-0.3, -0.25) is 4.79 Å². The van der Waals surface area contributed by atoms with Crippen LogP contribution in [0.4, 0.5) is 0 Å². The summed E-state index contributed by atoms with van der Waals surface area (Å²) in [7, 11) is 0. The van der Waals surface area contributed by atoms with Crippen molar-refractivity contribution < 1.29 is 9.53 Å². The molecule has 0 rings (SSSR count). The predicted molar refractivity (Wildman–Crippen MR) is 142 cm³/mol. The van der Waals surface area contributed by atoms with Crippen molar-refractivity contribution >= 4 is 5.97 Å². The summed E-state index contributed by atoms with van der Waals surface area (Å²) >= 11 is 0. The molecule has 2 nitrogen and oxygen atoms in total. The fourth-order valence-electron chi connectivity index (χ4n) is 4.40. The van der Waals surface area contributed by atoms with E-state index in [1.165, 1.54) is 103 Å². The largest absolute Gasteiger partial charge is 0.462 e. The summed E-state index contributed by atoms with van der Waals surface area (Å²) in [5.41, 5.74) is 0. The molecule has 0 radical (unpaired) electrons. The van der Waals surface area contributed by atoms with E-state index in [-0.39, 0.29) is 12.1 Å². The van der Waals surface area contributed by atoms with Crippen molar-refractivity contribution in [2.24, 2.45) is 5.92 Å². The lowest BCUT2D eigenvalue weighted by Crippen LogP contribution is -2.17. The van der Waals surface area contributed by atoms with Gasteiger partial charge in [0, 0.05) is 12.8 Å². The summed E-state index contributed by atoms with van der Waals surface area (Å²) in [5.74, 6) is 0.849. The van der Waals surface area contributed by atoms with Gasteiger partial charge in [-0.2, -0.15) is 0 Å². The first-order chi connectivity index (χ1) is 15.6. The molecule has 32 heavy (non-hydrogen) atoms. The van der Waals surface area contributed by atoms with E-state index in [1.54, 1.807) is 0 Å². The van der Waals surface area contributed by atoms with Crippen molar-refractivity contribution in [3.63, 3.8) is 0 Å². The first kappa shape index (κ1) is 31.2. The molecule has 0 N–H and O–H groups in total. The summed E-state index contributed by atoms with van der Waals surface area (Å²) < 4.78 is 5.75. The molecule has 0 bridgehead atoms. The molecule has 0 aromatic heterocycles. The van der Waals surface area contributed by atoms with Crippen LogP contribution in [0.3, 0.4) is 0 Å². The molecule has 0 aliphatic heterocycles. The van der Waals surface area contributed by atoms with Gasteiger partial charge in [-0.1, -0.05) is 136 Å². The van der Waals surface area contributed by atoms with Gasteiger partial charge in [0.25, 0.3) is 0 Å². The summed E-state index contributed by atoms with van der Waals surface area (Å²) in [6, 6.07) is 0. The maximum atomic E-state index is 12.2. The molecule has 0 aliphatic carbocycles. The third-order valence-corrected chi connectivity index (χ3v) is 6.52. The van der Waals surface area contributed by atoms with Gasteiger partial charge >= 0.3 is 5.97 Å². The van der Waals surface area contributed by atoms with Crippen molar-refractivity contribution in [1.82, 2.24) is 0 Å². The van der Waals surface area contributed by atoms with Crippen molar-refractivity contribution in [3.05, 3.63) is 12.7 Å². The first-order valence-corrected chi connectivity index (χ1v) is 14.4. The average molecular weight is 451 g/mol. The molecule has 1 atom stereocenters. The van der Waals surface area contributed by atoms with E-state index in [9.17, 15) is 4.79 Å². The van der Waals surface area contributed by atoms with Gasteiger partial charge in [0.1, 0.15) is 6.10 Å². The van der Waals surface area contributed by atoms with Crippen LogP contribution in [0.2, 0.25) is 0 Å². The summed E-state index contributed by atoms with van der Waals surface area (Å²) in [4.78, 5) is 12.2. The third kappa shape index (κ3) is 23.9. The highest BCUT2D eigenvalue weighted by Gasteiger charge is 2.12. The van der Waals surface area contributed by atoms with Crippen LogP contribution < -0.4 is 0 Å². The van der Waals surface area contributed by atoms with Crippen LogP contribution in [-0.2, 0) is 9.53 Å². The van der Waals surface area contributed by atoms with Crippen LogP contribution in [0.5, 0.6) is 0 Å². The summed E-state index contributed by atoms with van der Waals surface area (Å²) in [6.07, 6.45) is 29.3. The molecule has 0 fully saturated rings. The van der Waals surface area contributed by atoms with Crippen molar-refractivity contribution in [1.29, 1.82) is 0 Å². The van der Waals surface area contributed by atoms with Crippen LogP contribution in [0.25, 0.3) is 0 Å². The monoisotopic (exact) mass is 450 g/mol. The van der Waals surface area contributed by atoms with Gasteiger partial charge in [-0.05, 0) is 25.2 Å². The van der Waals surface area contributed by atoms with Crippen LogP contribution in [0.15, 0.2) is 12.7 Å². The lowest BCUT2D eigenvalue weighted by atomic mass is 10.0. The predicted octanol–water partition coefficient (Wildman–Crippen LogP) is 10.3.